The predicted octanol–water partition coefficient (Wildman–Crippen LogP) is 2.72. The Bertz CT molecular complexity index is 846. The van der Waals surface area contributed by atoms with Gasteiger partial charge in [0.15, 0.2) is 0 Å². The van der Waals surface area contributed by atoms with Crippen molar-refractivity contribution in [3.05, 3.63) is 51.9 Å². The second-order valence-corrected chi connectivity index (χ2v) is 7.61. The minimum Gasteiger partial charge on any atom is -0.456 e. The van der Waals surface area contributed by atoms with Gasteiger partial charge in [0.1, 0.15) is 23.2 Å². The van der Waals surface area contributed by atoms with Gasteiger partial charge in [-0.05, 0) is 40.7 Å². The van der Waals surface area contributed by atoms with Crippen molar-refractivity contribution in [1.29, 1.82) is 5.26 Å². The Morgan fingerprint density at radius 1 is 1.42 bits per heavy atom. The number of aliphatic hydroxyl groups excluding tert-OH is 1. The first-order valence-corrected chi connectivity index (χ1v) is 8.77. The average molecular weight is 354 g/mol. The van der Waals surface area contributed by atoms with E-state index in [1.165, 1.54) is 0 Å². The first-order chi connectivity index (χ1) is 12.2. The van der Waals surface area contributed by atoms with E-state index in [0.29, 0.717) is 18.1 Å². The number of ether oxygens (including phenoxy) is 1. The highest BCUT2D eigenvalue weighted by Gasteiger charge is 2.34. The highest BCUT2D eigenvalue weighted by Crippen LogP contribution is 2.44. The Hall–Kier alpha value is -2.33. The molecule has 1 unspecified atom stereocenters. The molecule has 0 fully saturated rings. The molecule has 0 saturated heterocycles. The van der Waals surface area contributed by atoms with Gasteiger partial charge >= 0.3 is 0 Å². The number of rotatable bonds is 3. The van der Waals surface area contributed by atoms with Gasteiger partial charge < -0.3 is 15.6 Å². The summed E-state index contributed by atoms with van der Waals surface area (Å²) in [7, 11) is 0. The van der Waals surface area contributed by atoms with Gasteiger partial charge in [0, 0.05) is 41.1 Å². The Morgan fingerprint density at radius 3 is 2.73 bits per heavy atom. The van der Waals surface area contributed by atoms with Gasteiger partial charge in [0.2, 0.25) is 0 Å². The molecule has 0 bridgehead atoms. The largest absolute Gasteiger partial charge is 0.456 e. The van der Waals surface area contributed by atoms with E-state index in [2.05, 4.69) is 11.5 Å². The van der Waals surface area contributed by atoms with Gasteiger partial charge in [-0.15, -0.1) is 0 Å². The van der Waals surface area contributed by atoms with Crippen LogP contribution in [0.5, 0.6) is 5.75 Å². The summed E-state index contributed by atoms with van der Waals surface area (Å²) in [5.74, 6) is 1.28. The lowest BCUT2D eigenvalue weighted by atomic mass is 9.91. The molecule has 0 saturated carbocycles. The third-order valence-electron chi connectivity index (χ3n) is 4.94. The molecule has 2 aliphatic heterocycles. The zero-order chi connectivity index (χ0) is 19.2. The molecule has 6 nitrogen and oxygen atoms in total. The molecule has 0 spiro atoms. The number of aliphatic hydroxyl groups is 1. The Morgan fingerprint density at radius 2 is 2.12 bits per heavy atom. The Balaban J connectivity index is 2.04. The van der Waals surface area contributed by atoms with Crippen molar-refractivity contribution in [2.24, 2.45) is 5.73 Å². The predicted molar refractivity (Wildman–Crippen MR) is 99.7 cm³/mol. The van der Waals surface area contributed by atoms with E-state index in [0.717, 1.165) is 27.8 Å². The quantitative estimate of drug-likeness (QED) is 0.773. The number of hydrazine groups is 1. The summed E-state index contributed by atoms with van der Waals surface area (Å²) in [6.45, 7) is 9.96. The van der Waals surface area contributed by atoms with E-state index in [9.17, 15) is 10.4 Å². The van der Waals surface area contributed by atoms with E-state index in [1.807, 2.05) is 53.0 Å². The van der Waals surface area contributed by atoms with Crippen molar-refractivity contribution in [1.82, 2.24) is 10.4 Å². The number of benzene rings is 1. The molecule has 138 valence electrons. The summed E-state index contributed by atoms with van der Waals surface area (Å²) in [5.41, 5.74) is 13.0. The van der Waals surface area contributed by atoms with Gasteiger partial charge in [0.25, 0.3) is 0 Å². The maximum absolute atomic E-state index is 10.9. The standard InChI is InChI=1S/C20H26N4O2/c1-11-6-15(13(3)22)19-16(7-11)17(25)12(2)18(26-19)14-8-23-24(9-14)20(4,5)10-21/h6-7,9,13,17,23,25H,8,22H2,1-5H3/t13-,17?/m1/s1. The van der Waals surface area contributed by atoms with Crippen LogP contribution < -0.4 is 15.9 Å². The molecule has 3 rings (SSSR count). The van der Waals surface area contributed by atoms with Crippen molar-refractivity contribution < 1.29 is 9.84 Å². The fraction of sp³-hybridized carbons (Fsp3) is 0.450. The molecular weight excluding hydrogens is 328 g/mol. The zero-order valence-electron chi connectivity index (χ0n) is 15.9. The first kappa shape index (κ1) is 18.5. The van der Waals surface area contributed by atoms with E-state index in [4.69, 9.17) is 10.5 Å². The summed E-state index contributed by atoms with van der Waals surface area (Å²) in [6, 6.07) is 6.00. The molecule has 1 aromatic carbocycles. The van der Waals surface area contributed by atoms with Crippen LogP contribution in [0.4, 0.5) is 0 Å². The molecule has 4 N–H and O–H groups in total. The van der Waals surface area contributed by atoms with E-state index in [-0.39, 0.29) is 6.04 Å². The van der Waals surface area contributed by atoms with Crippen LogP contribution in [-0.2, 0) is 0 Å². The number of hydrogen-bond acceptors (Lipinski definition) is 6. The van der Waals surface area contributed by atoms with E-state index in [1.54, 1.807) is 5.01 Å². The molecule has 0 radical (unpaired) electrons. The molecular formula is C20H26N4O2. The van der Waals surface area contributed by atoms with Crippen LogP contribution in [0.25, 0.3) is 0 Å². The lowest BCUT2D eigenvalue weighted by molar-refractivity contribution is 0.190. The number of nitrogens with one attached hydrogen (secondary N) is 1. The van der Waals surface area contributed by atoms with Gasteiger partial charge in [-0.2, -0.15) is 5.26 Å². The number of nitrogens with zero attached hydrogens (tertiary/aromatic N) is 2. The van der Waals surface area contributed by atoms with Crippen LogP contribution in [0.3, 0.4) is 0 Å². The van der Waals surface area contributed by atoms with Crippen LogP contribution in [0.1, 0.15) is 56.5 Å². The minimum atomic E-state index is -0.745. The molecule has 2 atom stereocenters. The Kier molecular flexibility index (Phi) is 4.57. The summed E-state index contributed by atoms with van der Waals surface area (Å²) in [4.78, 5) is 0. The van der Waals surface area contributed by atoms with Gasteiger partial charge in [-0.1, -0.05) is 11.6 Å². The van der Waals surface area contributed by atoms with Crippen molar-refractivity contribution in [3.8, 4) is 11.8 Å². The van der Waals surface area contributed by atoms with Crippen LogP contribution in [-0.4, -0.2) is 22.2 Å². The van der Waals surface area contributed by atoms with E-state index >= 15 is 0 Å². The average Bonchev–Trinajstić information content (AvgIpc) is 3.08. The smallest absolute Gasteiger partial charge is 0.138 e. The number of nitrogens with two attached hydrogens (primary N) is 1. The maximum atomic E-state index is 10.9. The lowest BCUT2D eigenvalue weighted by Crippen LogP contribution is -2.45. The molecule has 0 amide bonds. The zero-order valence-corrected chi connectivity index (χ0v) is 15.9. The van der Waals surface area contributed by atoms with Crippen LogP contribution in [0, 0.1) is 18.3 Å². The fourth-order valence-corrected chi connectivity index (χ4v) is 3.32. The molecule has 2 heterocycles. The Labute approximate surface area is 154 Å². The third kappa shape index (κ3) is 2.99. The fourth-order valence-electron chi connectivity index (χ4n) is 3.32. The minimum absolute atomic E-state index is 0.208. The van der Waals surface area contributed by atoms with Gasteiger partial charge in [0.05, 0.1) is 6.07 Å². The molecule has 26 heavy (non-hydrogen) atoms. The van der Waals surface area contributed by atoms with Crippen LogP contribution >= 0.6 is 0 Å². The van der Waals surface area contributed by atoms with Crippen LogP contribution in [0.2, 0.25) is 0 Å². The van der Waals surface area contributed by atoms with Crippen molar-refractivity contribution in [2.45, 2.75) is 52.3 Å². The number of aryl methyl sites for hydroxylation is 1. The van der Waals surface area contributed by atoms with Gasteiger partial charge in [-0.3, -0.25) is 5.01 Å². The highest BCUT2D eigenvalue weighted by atomic mass is 16.5. The van der Waals surface area contributed by atoms with Gasteiger partial charge in [-0.25, -0.2) is 5.43 Å². The third-order valence-corrected chi connectivity index (χ3v) is 4.94. The van der Waals surface area contributed by atoms with E-state index < -0.39 is 11.6 Å². The SMILES string of the molecule is CC1=C(C2=CN(C(C)(C)C#N)NC2)Oc2c(cc(C)cc2[C@@H](C)N)C1O. The van der Waals surface area contributed by atoms with Crippen molar-refractivity contribution in [3.63, 3.8) is 0 Å². The first-order valence-electron chi connectivity index (χ1n) is 8.77. The summed E-state index contributed by atoms with van der Waals surface area (Å²) < 4.78 is 6.26. The topological polar surface area (TPSA) is 94.5 Å². The van der Waals surface area contributed by atoms with Crippen molar-refractivity contribution >= 4 is 0 Å². The monoisotopic (exact) mass is 354 g/mol. The summed E-state index contributed by atoms with van der Waals surface area (Å²) in [5, 5.41) is 22.0. The molecule has 0 aliphatic carbocycles. The molecule has 1 aromatic rings. The summed E-state index contributed by atoms with van der Waals surface area (Å²) in [6.07, 6.45) is 1.13. The van der Waals surface area contributed by atoms with Crippen molar-refractivity contribution in [2.75, 3.05) is 6.54 Å². The maximum Gasteiger partial charge on any atom is 0.138 e. The molecule has 0 aromatic heterocycles. The number of nitriles is 1. The second-order valence-electron chi connectivity index (χ2n) is 7.61. The lowest BCUT2D eigenvalue weighted by Gasteiger charge is -2.29. The number of hydrogen-bond donors (Lipinski definition) is 3. The highest BCUT2D eigenvalue weighted by molar-refractivity contribution is 5.55. The normalized spacial score (nSPS) is 21.1. The molecule has 2 aliphatic rings. The number of fused-ring (bicyclic) bond motifs is 1. The summed E-state index contributed by atoms with van der Waals surface area (Å²) >= 11 is 0. The van der Waals surface area contributed by atoms with Crippen LogP contribution in [0.15, 0.2) is 35.2 Å². The second kappa shape index (κ2) is 6.44. The molecule has 6 heteroatoms.